The lowest BCUT2D eigenvalue weighted by Gasteiger charge is -2.22. The monoisotopic (exact) mass is 247 g/mol. The van der Waals surface area contributed by atoms with Crippen molar-refractivity contribution < 1.29 is 0 Å². The Kier molecular flexibility index (Phi) is 4.25. The minimum absolute atomic E-state index is 0.515. The predicted molar refractivity (Wildman–Crippen MR) is 77.7 cm³/mol. The van der Waals surface area contributed by atoms with Gasteiger partial charge in [0.25, 0.3) is 0 Å². The maximum atomic E-state index is 5.82. The first-order valence-corrected chi connectivity index (χ1v) is 6.90. The standard InChI is InChI=1S/C15H25N3/c1-11(2)18(3)9-8-17-15-7-4-12-10-13(16)5-6-14(12)15/h5-6,10-11,15,17H,4,7-9,16H2,1-3H3. The van der Waals surface area contributed by atoms with Crippen molar-refractivity contribution in [2.75, 3.05) is 25.9 Å². The molecular weight excluding hydrogens is 222 g/mol. The van der Waals surface area contributed by atoms with E-state index >= 15 is 0 Å². The molecule has 1 unspecified atom stereocenters. The molecule has 0 spiro atoms. The Balaban J connectivity index is 1.86. The van der Waals surface area contributed by atoms with E-state index in [0.717, 1.165) is 25.2 Å². The SMILES string of the molecule is CC(C)N(C)CCNC1CCc2cc(N)ccc21. The summed E-state index contributed by atoms with van der Waals surface area (Å²) in [4.78, 5) is 2.37. The van der Waals surface area contributed by atoms with E-state index in [1.807, 2.05) is 6.07 Å². The number of benzene rings is 1. The largest absolute Gasteiger partial charge is 0.399 e. The highest BCUT2D eigenvalue weighted by molar-refractivity contribution is 5.47. The van der Waals surface area contributed by atoms with E-state index in [2.05, 4.69) is 43.2 Å². The van der Waals surface area contributed by atoms with Crippen LogP contribution < -0.4 is 11.1 Å². The molecule has 1 aliphatic carbocycles. The highest BCUT2D eigenvalue weighted by Crippen LogP contribution is 2.32. The van der Waals surface area contributed by atoms with Crippen molar-refractivity contribution in [2.24, 2.45) is 0 Å². The Morgan fingerprint density at radius 2 is 2.22 bits per heavy atom. The molecule has 2 rings (SSSR count). The van der Waals surface area contributed by atoms with Gasteiger partial charge in [-0.25, -0.2) is 0 Å². The molecule has 3 N–H and O–H groups in total. The number of aryl methyl sites for hydroxylation is 1. The lowest BCUT2D eigenvalue weighted by atomic mass is 10.1. The van der Waals surface area contributed by atoms with Crippen LogP contribution in [0.25, 0.3) is 0 Å². The lowest BCUT2D eigenvalue weighted by Crippen LogP contribution is -2.34. The Hall–Kier alpha value is -1.06. The number of rotatable bonds is 5. The zero-order valence-electron chi connectivity index (χ0n) is 11.7. The van der Waals surface area contributed by atoms with Gasteiger partial charge in [-0.05, 0) is 57.0 Å². The normalized spacial score (nSPS) is 18.6. The number of nitrogen functional groups attached to an aromatic ring is 1. The first-order valence-electron chi connectivity index (χ1n) is 6.90. The van der Waals surface area contributed by atoms with E-state index in [-0.39, 0.29) is 0 Å². The van der Waals surface area contributed by atoms with Gasteiger partial charge in [0.15, 0.2) is 0 Å². The fourth-order valence-electron chi connectivity index (χ4n) is 2.52. The second-order valence-electron chi connectivity index (χ2n) is 5.58. The average molecular weight is 247 g/mol. The molecule has 100 valence electrons. The Morgan fingerprint density at radius 1 is 1.44 bits per heavy atom. The Morgan fingerprint density at radius 3 is 2.94 bits per heavy atom. The molecule has 0 saturated carbocycles. The van der Waals surface area contributed by atoms with Crippen molar-refractivity contribution in [3.8, 4) is 0 Å². The topological polar surface area (TPSA) is 41.3 Å². The number of nitrogens with zero attached hydrogens (tertiary/aromatic N) is 1. The fourth-order valence-corrected chi connectivity index (χ4v) is 2.52. The van der Waals surface area contributed by atoms with E-state index in [4.69, 9.17) is 5.73 Å². The van der Waals surface area contributed by atoms with E-state index in [1.54, 1.807) is 0 Å². The smallest absolute Gasteiger partial charge is 0.0326 e. The summed E-state index contributed by atoms with van der Waals surface area (Å²) in [6.45, 7) is 6.60. The van der Waals surface area contributed by atoms with Gasteiger partial charge in [-0.3, -0.25) is 0 Å². The molecule has 0 aliphatic heterocycles. The molecule has 18 heavy (non-hydrogen) atoms. The van der Waals surface area contributed by atoms with Gasteiger partial charge >= 0.3 is 0 Å². The second kappa shape index (κ2) is 5.72. The molecule has 0 aromatic heterocycles. The number of fused-ring (bicyclic) bond motifs is 1. The molecule has 0 radical (unpaired) electrons. The third-order valence-corrected chi connectivity index (χ3v) is 3.98. The van der Waals surface area contributed by atoms with Crippen LogP contribution in [-0.2, 0) is 6.42 Å². The Labute approximate surface area is 110 Å². The number of hydrogen-bond donors (Lipinski definition) is 2. The summed E-state index contributed by atoms with van der Waals surface area (Å²) in [5, 5.41) is 3.66. The summed E-state index contributed by atoms with van der Waals surface area (Å²) in [6.07, 6.45) is 2.35. The van der Waals surface area contributed by atoms with Crippen LogP contribution in [0.2, 0.25) is 0 Å². The summed E-state index contributed by atoms with van der Waals surface area (Å²) < 4.78 is 0. The number of nitrogens with two attached hydrogens (primary N) is 1. The van der Waals surface area contributed by atoms with Gasteiger partial charge in [-0.1, -0.05) is 6.07 Å². The van der Waals surface area contributed by atoms with Gasteiger partial charge in [-0.2, -0.15) is 0 Å². The summed E-state index contributed by atoms with van der Waals surface area (Å²) in [5.41, 5.74) is 9.57. The van der Waals surface area contributed by atoms with Crippen LogP contribution in [0.1, 0.15) is 37.4 Å². The number of nitrogens with one attached hydrogen (secondary N) is 1. The van der Waals surface area contributed by atoms with Crippen molar-refractivity contribution in [3.63, 3.8) is 0 Å². The number of likely N-dealkylation sites (N-methyl/N-ethyl adjacent to an activating group) is 1. The van der Waals surface area contributed by atoms with Crippen LogP contribution in [0.3, 0.4) is 0 Å². The highest BCUT2D eigenvalue weighted by atomic mass is 15.1. The van der Waals surface area contributed by atoms with Crippen LogP contribution in [-0.4, -0.2) is 31.1 Å². The Bertz CT molecular complexity index is 401. The van der Waals surface area contributed by atoms with E-state index in [9.17, 15) is 0 Å². The van der Waals surface area contributed by atoms with Gasteiger partial charge < -0.3 is 16.0 Å². The van der Waals surface area contributed by atoms with Crippen LogP contribution >= 0.6 is 0 Å². The van der Waals surface area contributed by atoms with Crippen molar-refractivity contribution in [3.05, 3.63) is 29.3 Å². The summed E-state index contributed by atoms with van der Waals surface area (Å²) >= 11 is 0. The molecule has 0 heterocycles. The minimum atomic E-state index is 0.515. The number of anilines is 1. The molecule has 0 amide bonds. The van der Waals surface area contributed by atoms with Gasteiger partial charge in [0, 0.05) is 30.9 Å². The van der Waals surface area contributed by atoms with Gasteiger partial charge in [0.05, 0.1) is 0 Å². The van der Waals surface area contributed by atoms with Crippen molar-refractivity contribution in [1.82, 2.24) is 10.2 Å². The molecule has 0 fully saturated rings. The predicted octanol–water partition coefficient (Wildman–Crippen LogP) is 2.19. The molecule has 3 nitrogen and oxygen atoms in total. The van der Waals surface area contributed by atoms with Crippen molar-refractivity contribution >= 4 is 5.69 Å². The molecule has 0 bridgehead atoms. The van der Waals surface area contributed by atoms with Gasteiger partial charge in [0.2, 0.25) is 0 Å². The first kappa shape index (κ1) is 13.4. The molecule has 1 aromatic rings. The molecule has 3 heteroatoms. The van der Waals surface area contributed by atoms with Crippen LogP contribution in [0.5, 0.6) is 0 Å². The number of hydrogen-bond acceptors (Lipinski definition) is 3. The second-order valence-corrected chi connectivity index (χ2v) is 5.58. The summed E-state index contributed by atoms with van der Waals surface area (Å²) in [7, 11) is 2.18. The minimum Gasteiger partial charge on any atom is -0.399 e. The zero-order chi connectivity index (χ0) is 13.1. The lowest BCUT2D eigenvalue weighted by molar-refractivity contribution is 0.269. The van der Waals surface area contributed by atoms with E-state index in [0.29, 0.717) is 12.1 Å². The van der Waals surface area contributed by atoms with Crippen molar-refractivity contribution in [1.29, 1.82) is 0 Å². The van der Waals surface area contributed by atoms with E-state index < -0.39 is 0 Å². The maximum Gasteiger partial charge on any atom is 0.0326 e. The molecule has 1 atom stereocenters. The molecule has 1 aliphatic rings. The quantitative estimate of drug-likeness (QED) is 0.784. The average Bonchev–Trinajstić information content (AvgIpc) is 2.71. The molecule has 0 saturated heterocycles. The summed E-state index contributed by atoms with van der Waals surface area (Å²) in [6, 6.07) is 7.45. The van der Waals surface area contributed by atoms with Gasteiger partial charge in [-0.15, -0.1) is 0 Å². The van der Waals surface area contributed by atoms with Crippen molar-refractivity contribution in [2.45, 2.75) is 38.8 Å². The first-order chi connectivity index (χ1) is 8.58. The third kappa shape index (κ3) is 3.03. The van der Waals surface area contributed by atoms with Crippen LogP contribution in [0.15, 0.2) is 18.2 Å². The highest BCUT2D eigenvalue weighted by Gasteiger charge is 2.21. The maximum absolute atomic E-state index is 5.82. The van der Waals surface area contributed by atoms with E-state index in [1.165, 1.54) is 17.5 Å². The molecular formula is C15H25N3. The third-order valence-electron chi connectivity index (χ3n) is 3.98. The van der Waals surface area contributed by atoms with Crippen LogP contribution in [0, 0.1) is 0 Å². The van der Waals surface area contributed by atoms with Gasteiger partial charge in [0.1, 0.15) is 0 Å². The molecule has 1 aromatic carbocycles. The van der Waals surface area contributed by atoms with Crippen LogP contribution in [0.4, 0.5) is 5.69 Å². The summed E-state index contributed by atoms with van der Waals surface area (Å²) in [5.74, 6) is 0. The zero-order valence-corrected chi connectivity index (χ0v) is 11.7. The fraction of sp³-hybridized carbons (Fsp3) is 0.600.